The van der Waals surface area contributed by atoms with Crippen molar-refractivity contribution in [2.24, 2.45) is 5.41 Å². The second-order valence-electron chi connectivity index (χ2n) is 5.19. The number of amides is 2. The van der Waals surface area contributed by atoms with Gasteiger partial charge in [-0.05, 0) is 45.9 Å². The molecule has 0 saturated heterocycles. The van der Waals surface area contributed by atoms with Crippen molar-refractivity contribution in [3.63, 3.8) is 0 Å². The fraction of sp³-hybridized carbons (Fsp3) is 0.467. The van der Waals surface area contributed by atoms with E-state index in [1.165, 1.54) is 0 Å². The Morgan fingerprint density at radius 3 is 2.19 bits per heavy atom. The lowest BCUT2D eigenvalue weighted by molar-refractivity contribution is -0.146. The van der Waals surface area contributed by atoms with E-state index in [0.717, 1.165) is 0 Å². The highest BCUT2D eigenvalue weighted by Gasteiger charge is 2.38. The van der Waals surface area contributed by atoms with Crippen molar-refractivity contribution >= 4 is 40.7 Å². The summed E-state index contributed by atoms with van der Waals surface area (Å²) in [5.41, 5.74) is -0.646. The molecule has 1 aromatic rings. The molecule has 0 fully saturated rings. The summed E-state index contributed by atoms with van der Waals surface area (Å²) in [5, 5.41) is 3.46. The van der Waals surface area contributed by atoms with Gasteiger partial charge in [-0.1, -0.05) is 23.2 Å². The van der Waals surface area contributed by atoms with Gasteiger partial charge in [0.1, 0.15) is 5.41 Å². The number of carbonyl (C=O) groups is 2. The van der Waals surface area contributed by atoms with E-state index in [9.17, 15) is 9.59 Å². The lowest BCUT2D eigenvalue weighted by atomic mass is 9.90. The van der Waals surface area contributed by atoms with E-state index in [1.54, 1.807) is 36.9 Å². The molecule has 1 N–H and O–H groups in total. The standard InChI is InChI=1S/C15H20Cl2N2O2/c1-5-19(6-2)14(21)15(3,4)13(20)18-10-7-8-11(16)12(17)9-10/h7-9H,5-6H2,1-4H3,(H,18,20). The van der Waals surface area contributed by atoms with Crippen LogP contribution in [0.3, 0.4) is 0 Å². The molecule has 0 aliphatic rings. The molecule has 0 aliphatic carbocycles. The van der Waals surface area contributed by atoms with Gasteiger partial charge in [0.05, 0.1) is 10.0 Å². The van der Waals surface area contributed by atoms with Gasteiger partial charge in [-0.2, -0.15) is 0 Å². The number of nitrogens with one attached hydrogen (secondary N) is 1. The summed E-state index contributed by atoms with van der Waals surface area (Å²) in [6, 6.07) is 4.79. The predicted molar refractivity (Wildman–Crippen MR) is 86.8 cm³/mol. The maximum Gasteiger partial charge on any atom is 0.239 e. The third-order valence-corrected chi connectivity index (χ3v) is 4.07. The van der Waals surface area contributed by atoms with Crippen LogP contribution in [0.4, 0.5) is 5.69 Å². The van der Waals surface area contributed by atoms with Gasteiger partial charge in [0.25, 0.3) is 0 Å². The average molecular weight is 331 g/mol. The summed E-state index contributed by atoms with van der Waals surface area (Å²) in [6.07, 6.45) is 0. The van der Waals surface area contributed by atoms with Crippen molar-refractivity contribution in [1.29, 1.82) is 0 Å². The van der Waals surface area contributed by atoms with Gasteiger partial charge in [-0.3, -0.25) is 9.59 Å². The SMILES string of the molecule is CCN(CC)C(=O)C(C)(C)C(=O)Nc1ccc(Cl)c(Cl)c1. The molecular formula is C15H20Cl2N2O2. The second-order valence-corrected chi connectivity index (χ2v) is 6.00. The molecule has 0 radical (unpaired) electrons. The molecule has 0 bridgehead atoms. The van der Waals surface area contributed by atoms with Crippen LogP contribution in [0.5, 0.6) is 0 Å². The first-order chi connectivity index (χ1) is 9.73. The molecule has 4 nitrogen and oxygen atoms in total. The lowest BCUT2D eigenvalue weighted by Gasteiger charge is -2.29. The van der Waals surface area contributed by atoms with Gasteiger partial charge in [0, 0.05) is 18.8 Å². The molecule has 0 aliphatic heterocycles. The van der Waals surface area contributed by atoms with Gasteiger partial charge in [0.15, 0.2) is 0 Å². The zero-order valence-electron chi connectivity index (χ0n) is 12.7. The van der Waals surface area contributed by atoms with Gasteiger partial charge >= 0.3 is 0 Å². The van der Waals surface area contributed by atoms with Crippen LogP contribution < -0.4 is 5.32 Å². The Morgan fingerprint density at radius 1 is 1.14 bits per heavy atom. The maximum atomic E-state index is 12.4. The van der Waals surface area contributed by atoms with Crippen LogP contribution in [0.15, 0.2) is 18.2 Å². The first-order valence-corrected chi connectivity index (χ1v) is 7.55. The highest BCUT2D eigenvalue weighted by Crippen LogP contribution is 2.27. The van der Waals surface area contributed by atoms with Crippen molar-refractivity contribution in [3.8, 4) is 0 Å². The molecule has 1 rings (SSSR count). The van der Waals surface area contributed by atoms with E-state index >= 15 is 0 Å². The number of halogens is 2. The van der Waals surface area contributed by atoms with E-state index in [4.69, 9.17) is 23.2 Å². The molecular weight excluding hydrogens is 311 g/mol. The number of hydrogen-bond acceptors (Lipinski definition) is 2. The summed E-state index contributed by atoms with van der Waals surface area (Å²) in [4.78, 5) is 26.4. The molecule has 0 spiro atoms. The molecule has 0 unspecified atom stereocenters. The summed E-state index contributed by atoms with van der Waals surface area (Å²) in [6.45, 7) is 8.13. The molecule has 2 amide bonds. The number of benzene rings is 1. The number of nitrogens with zero attached hydrogens (tertiary/aromatic N) is 1. The van der Waals surface area contributed by atoms with E-state index in [0.29, 0.717) is 28.8 Å². The normalized spacial score (nSPS) is 11.1. The third-order valence-electron chi connectivity index (χ3n) is 3.33. The fourth-order valence-electron chi connectivity index (χ4n) is 1.86. The molecule has 6 heteroatoms. The van der Waals surface area contributed by atoms with Gasteiger partial charge in [0.2, 0.25) is 11.8 Å². The zero-order valence-corrected chi connectivity index (χ0v) is 14.2. The van der Waals surface area contributed by atoms with Crippen LogP contribution in [-0.4, -0.2) is 29.8 Å². The topological polar surface area (TPSA) is 49.4 Å². The Kier molecular flexibility index (Phi) is 6.05. The minimum Gasteiger partial charge on any atom is -0.342 e. The second kappa shape index (κ2) is 7.14. The first kappa shape index (κ1) is 17.8. The van der Waals surface area contributed by atoms with Crippen LogP contribution in [0.2, 0.25) is 10.0 Å². The largest absolute Gasteiger partial charge is 0.342 e. The Morgan fingerprint density at radius 2 is 1.71 bits per heavy atom. The lowest BCUT2D eigenvalue weighted by Crippen LogP contribution is -2.47. The average Bonchev–Trinajstić information content (AvgIpc) is 2.44. The highest BCUT2D eigenvalue weighted by atomic mass is 35.5. The predicted octanol–water partition coefficient (Wildman–Crippen LogP) is 3.83. The van der Waals surface area contributed by atoms with E-state index in [2.05, 4.69) is 5.32 Å². The number of hydrogen-bond donors (Lipinski definition) is 1. The summed E-state index contributed by atoms with van der Waals surface area (Å²) < 4.78 is 0. The van der Waals surface area contributed by atoms with Crippen LogP contribution in [-0.2, 0) is 9.59 Å². The molecule has 116 valence electrons. The fourth-order valence-corrected chi connectivity index (χ4v) is 2.16. The maximum absolute atomic E-state index is 12.4. The summed E-state index contributed by atoms with van der Waals surface area (Å²) in [7, 11) is 0. The number of rotatable bonds is 5. The molecule has 0 atom stereocenters. The number of carbonyl (C=O) groups excluding carboxylic acids is 2. The quantitative estimate of drug-likeness (QED) is 0.834. The van der Waals surface area contributed by atoms with Gasteiger partial charge < -0.3 is 10.2 Å². The Labute approximate surface area is 135 Å². The van der Waals surface area contributed by atoms with E-state index < -0.39 is 5.41 Å². The third kappa shape index (κ3) is 4.11. The Bertz CT molecular complexity index is 540. The van der Waals surface area contributed by atoms with Gasteiger partial charge in [-0.25, -0.2) is 0 Å². The van der Waals surface area contributed by atoms with Crippen LogP contribution >= 0.6 is 23.2 Å². The van der Waals surface area contributed by atoms with Crippen molar-refractivity contribution in [2.75, 3.05) is 18.4 Å². The summed E-state index contributed by atoms with van der Waals surface area (Å²) >= 11 is 11.7. The number of anilines is 1. The van der Waals surface area contributed by atoms with Crippen molar-refractivity contribution in [1.82, 2.24) is 4.90 Å². The molecule has 0 saturated carbocycles. The van der Waals surface area contributed by atoms with Crippen LogP contribution in [0.25, 0.3) is 0 Å². The van der Waals surface area contributed by atoms with Crippen molar-refractivity contribution < 1.29 is 9.59 Å². The van der Waals surface area contributed by atoms with E-state index in [1.807, 2.05) is 13.8 Å². The summed E-state index contributed by atoms with van der Waals surface area (Å²) in [5.74, 6) is -0.581. The molecule has 21 heavy (non-hydrogen) atoms. The minimum absolute atomic E-state index is 0.204. The molecule has 0 aromatic heterocycles. The van der Waals surface area contributed by atoms with Crippen molar-refractivity contribution in [2.45, 2.75) is 27.7 Å². The zero-order chi connectivity index (χ0) is 16.2. The van der Waals surface area contributed by atoms with Gasteiger partial charge in [-0.15, -0.1) is 0 Å². The minimum atomic E-state index is -1.15. The Balaban J connectivity index is 2.90. The molecule has 0 heterocycles. The Hall–Kier alpha value is -1.26. The van der Waals surface area contributed by atoms with E-state index in [-0.39, 0.29) is 11.8 Å². The first-order valence-electron chi connectivity index (χ1n) is 6.79. The van der Waals surface area contributed by atoms with Crippen LogP contribution in [0.1, 0.15) is 27.7 Å². The molecule has 1 aromatic carbocycles. The smallest absolute Gasteiger partial charge is 0.239 e. The highest BCUT2D eigenvalue weighted by molar-refractivity contribution is 6.42. The van der Waals surface area contributed by atoms with Crippen LogP contribution in [0, 0.1) is 5.41 Å². The monoisotopic (exact) mass is 330 g/mol. The van der Waals surface area contributed by atoms with Crippen molar-refractivity contribution in [3.05, 3.63) is 28.2 Å².